The van der Waals surface area contributed by atoms with Crippen molar-refractivity contribution >= 4 is 21.8 Å². The van der Waals surface area contributed by atoms with Crippen LogP contribution in [0.3, 0.4) is 0 Å². The average molecular weight is 312 g/mol. The highest BCUT2D eigenvalue weighted by molar-refractivity contribution is 9.10. The number of carbonyl (C=O) groups excluding carboxylic acids is 1. The Morgan fingerprint density at radius 3 is 3.00 bits per heavy atom. The van der Waals surface area contributed by atoms with E-state index in [0.29, 0.717) is 6.54 Å². The summed E-state index contributed by atoms with van der Waals surface area (Å²) in [6, 6.07) is 5.78. The minimum atomic E-state index is 0.0595. The highest BCUT2D eigenvalue weighted by atomic mass is 79.9. The lowest BCUT2D eigenvalue weighted by Crippen LogP contribution is -2.34. The largest absolute Gasteiger partial charge is 0.376 e. The maximum atomic E-state index is 12.4. The molecule has 2 rings (SSSR count). The van der Waals surface area contributed by atoms with Crippen molar-refractivity contribution in [2.75, 3.05) is 20.2 Å². The summed E-state index contributed by atoms with van der Waals surface area (Å²) in [6.45, 7) is 3.45. The number of halogens is 1. The molecule has 1 aromatic carbocycles. The van der Waals surface area contributed by atoms with Crippen molar-refractivity contribution in [3.8, 4) is 0 Å². The molecule has 1 fully saturated rings. The fourth-order valence-electron chi connectivity index (χ4n) is 2.21. The maximum Gasteiger partial charge on any atom is 0.253 e. The van der Waals surface area contributed by atoms with Crippen molar-refractivity contribution in [1.29, 1.82) is 0 Å². The monoisotopic (exact) mass is 311 g/mol. The molecule has 1 amide bonds. The van der Waals surface area contributed by atoms with E-state index in [9.17, 15) is 4.79 Å². The molecule has 1 heterocycles. The van der Waals surface area contributed by atoms with Gasteiger partial charge in [0.25, 0.3) is 5.91 Å². The summed E-state index contributed by atoms with van der Waals surface area (Å²) in [5, 5.41) is 0. The Labute approximate surface area is 116 Å². The van der Waals surface area contributed by atoms with Gasteiger partial charge in [-0.05, 0) is 37.5 Å². The number of amides is 1. The molecule has 4 heteroatoms. The van der Waals surface area contributed by atoms with Gasteiger partial charge in [0.15, 0.2) is 0 Å². The molecular formula is C14H18BrNO2. The minimum Gasteiger partial charge on any atom is -0.376 e. The fourth-order valence-corrected chi connectivity index (χ4v) is 2.57. The van der Waals surface area contributed by atoms with Crippen molar-refractivity contribution in [2.45, 2.75) is 25.9 Å². The maximum absolute atomic E-state index is 12.4. The summed E-state index contributed by atoms with van der Waals surface area (Å²) in [4.78, 5) is 14.1. The molecule has 3 nitrogen and oxygen atoms in total. The molecule has 0 aromatic heterocycles. The first-order chi connectivity index (χ1) is 8.58. The van der Waals surface area contributed by atoms with E-state index >= 15 is 0 Å². The summed E-state index contributed by atoms with van der Waals surface area (Å²) in [5.74, 6) is 0.0595. The zero-order chi connectivity index (χ0) is 13.1. The molecule has 1 atom stereocenters. The van der Waals surface area contributed by atoms with Gasteiger partial charge in [-0.25, -0.2) is 0 Å². The van der Waals surface area contributed by atoms with Gasteiger partial charge in [0.05, 0.1) is 6.10 Å². The lowest BCUT2D eigenvalue weighted by molar-refractivity contribution is 0.0586. The second-order valence-corrected chi connectivity index (χ2v) is 5.70. The number of likely N-dealkylation sites (N-methyl/N-ethyl adjacent to an activating group) is 1. The number of nitrogens with zero attached hydrogens (tertiary/aromatic N) is 1. The predicted molar refractivity (Wildman–Crippen MR) is 74.8 cm³/mol. The van der Waals surface area contributed by atoms with Crippen LogP contribution in [0.15, 0.2) is 22.7 Å². The standard InChI is InChI=1S/C14H18BrNO2/c1-10-5-6-11(15)8-13(10)14(17)16(2)9-12-4-3-7-18-12/h5-6,8,12H,3-4,7,9H2,1-2H3. The summed E-state index contributed by atoms with van der Waals surface area (Å²) >= 11 is 3.41. The Morgan fingerprint density at radius 2 is 2.33 bits per heavy atom. The number of hydrogen-bond acceptors (Lipinski definition) is 2. The van der Waals surface area contributed by atoms with Gasteiger partial charge in [0, 0.05) is 30.2 Å². The molecular weight excluding hydrogens is 294 g/mol. The van der Waals surface area contributed by atoms with Crippen LogP contribution in [0.2, 0.25) is 0 Å². The van der Waals surface area contributed by atoms with Crippen LogP contribution in [-0.2, 0) is 4.74 Å². The van der Waals surface area contributed by atoms with Crippen LogP contribution >= 0.6 is 15.9 Å². The second-order valence-electron chi connectivity index (χ2n) is 4.78. The van der Waals surface area contributed by atoms with E-state index in [2.05, 4.69) is 15.9 Å². The van der Waals surface area contributed by atoms with Crippen molar-refractivity contribution in [3.63, 3.8) is 0 Å². The highest BCUT2D eigenvalue weighted by Crippen LogP contribution is 2.19. The Morgan fingerprint density at radius 1 is 1.56 bits per heavy atom. The fraction of sp³-hybridized carbons (Fsp3) is 0.500. The van der Waals surface area contributed by atoms with E-state index < -0.39 is 0 Å². The number of rotatable bonds is 3. The third kappa shape index (κ3) is 3.12. The first-order valence-electron chi connectivity index (χ1n) is 6.21. The van der Waals surface area contributed by atoms with Crippen molar-refractivity contribution < 1.29 is 9.53 Å². The molecule has 0 N–H and O–H groups in total. The van der Waals surface area contributed by atoms with Crippen LogP contribution in [0.1, 0.15) is 28.8 Å². The van der Waals surface area contributed by atoms with E-state index in [1.807, 2.05) is 32.2 Å². The van der Waals surface area contributed by atoms with Gasteiger partial charge in [0.2, 0.25) is 0 Å². The number of benzene rings is 1. The first kappa shape index (κ1) is 13.6. The van der Waals surface area contributed by atoms with Crippen LogP contribution in [0.4, 0.5) is 0 Å². The molecule has 1 saturated heterocycles. The Balaban J connectivity index is 2.07. The Kier molecular flexibility index (Phi) is 4.40. The molecule has 1 aliphatic rings. The molecule has 1 unspecified atom stereocenters. The van der Waals surface area contributed by atoms with Crippen molar-refractivity contribution in [2.24, 2.45) is 0 Å². The smallest absolute Gasteiger partial charge is 0.253 e. The highest BCUT2D eigenvalue weighted by Gasteiger charge is 2.21. The lowest BCUT2D eigenvalue weighted by Gasteiger charge is -2.21. The molecule has 0 aliphatic carbocycles. The van der Waals surface area contributed by atoms with Crippen molar-refractivity contribution in [3.05, 3.63) is 33.8 Å². The van der Waals surface area contributed by atoms with Gasteiger partial charge < -0.3 is 9.64 Å². The predicted octanol–water partition coefficient (Wildman–Crippen LogP) is 3.01. The van der Waals surface area contributed by atoms with Gasteiger partial charge >= 0.3 is 0 Å². The van der Waals surface area contributed by atoms with Crippen LogP contribution in [0.25, 0.3) is 0 Å². The van der Waals surface area contributed by atoms with Crippen LogP contribution in [0, 0.1) is 6.92 Å². The molecule has 1 aromatic rings. The van der Waals surface area contributed by atoms with Gasteiger partial charge in [-0.2, -0.15) is 0 Å². The average Bonchev–Trinajstić information content (AvgIpc) is 2.84. The number of ether oxygens (including phenoxy) is 1. The van der Waals surface area contributed by atoms with E-state index in [1.54, 1.807) is 4.90 Å². The van der Waals surface area contributed by atoms with Crippen LogP contribution in [0.5, 0.6) is 0 Å². The SMILES string of the molecule is Cc1ccc(Br)cc1C(=O)N(C)CC1CCCO1. The topological polar surface area (TPSA) is 29.5 Å². The minimum absolute atomic E-state index is 0.0595. The second kappa shape index (κ2) is 5.85. The molecule has 18 heavy (non-hydrogen) atoms. The Bertz CT molecular complexity index is 441. The number of hydrogen-bond donors (Lipinski definition) is 0. The lowest BCUT2D eigenvalue weighted by atomic mass is 10.1. The third-order valence-electron chi connectivity index (χ3n) is 3.28. The van der Waals surface area contributed by atoms with Gasteiger partial charge in [-0.15, -0.1) is 0 Å². The Hall–Kier alpha value is -0.870. The molecule has 0 bridgehead atoms. The zero-order valence-corrected chi connectivity index (χ0v) is 12.4. The molecule has 0 radical (unpaired) electrons. The van der Waals surface area contributed by atoms with Crippen LogP contribution in [-0.4, -0.2) is 37.1 Å². The quantitative estimate of drug-likeness (QED) is 0.859. The summed E-state index contributed by atoms with van der Waals surface area (Å²) < 4.78 is 6.49. The van der Waals surface area contributed by atoms with Gasteiger partial charge in [-0.3, -0.25) is 4.79 Å². The summed E-state index contributed by atoms with van der Waals surface area (Å²) in [7, 11) is 1.84. The van der Waals surface area contributed by atoms with Gasteiger partial charge in [-0.1, -0.05) is 22.0 Å². The number of carbonyl (C=O) groups is 1. The zero-order valence-electron chi connectivity index (χ0n) is 10.8. The normalized spacial score (nSPS) is 18.9. The third-order valence-corrected chi connectivity index (χ3v) is 3.77. The summed E-state index contributed by atoms with van der Waals surface area (Å²) in [6.07, 6.45) is 2.35. The van der Waals surface area contributed by atoms with E-state index in [-0.39, 0.29) is 12.0 Å². The van der Waals surface area contributed by atoms with E-state index in [4.69, 9.17) is 4.74 Å². The van der Waals surface area contributed by atoms with E-state index in [1.165, 1.54) is 0 Å². The molecule has 0 saturated carbocycles. The van der Waals surface area contributed by atoms with E-state index in [0.717, 1.165) is 35.0 Å². The molecule has 0 spiro atoms. The number of aryl methyl sites for hydroxylation is 1. The van der Waals surface area contributed by atoms with Gasteiger partial charge in [0.1, 0.15) is 0 Å². The van der Waals surface area contributed by atoms with Crippen molar-refractivity contribution in [1.82, 2.24) is 4.90 Å². The summed E-state index contributed by atoms with van der Waals surface area (Å²) in [5.41, 5.74) is 1.76. The van der Waals surface area contributed by atoms with Crippen LogP contribution < -0.4 is 0 Å². The molecule has 98 valence electrons. The molecule has 1 aliphatic heterocycles. The first-order valence-corrected chi connectivity index (χ1v) is 7.00.